The monoisotopic (exact) mass is 354 g/mol. The van der Waals surface area contributed by atoms with E-state index in [0.29, 0.717) is 18.5 Å². The highest BCUT2D eigenvalue weighted by Gasteiger charge is 2.28. The molecule has 1 fully saturated rings. The normalized spacial score (nSPS) is 20.4. The van der Waals surface area contributed by atoms with E-state index in [9.17, 15) is 13.6 Å². The van der Waals surface area contributed by atoms with Gasteiger partial charge in [-0.05, 0) is 74.8 Å². The van der Waals surface area contributed by atoms with Crippen LogP contribution < -0.4 is 5.56 Å². The number of benzene rings is 1. The average molecular weight is 354 g/mol. The summed E-state index contributed by atoms with van der Waals surface area (Å²) in [6.07, 6.45) is 2.83. The van der Waals surface area contributed by atoms with Crippen LogP contribution >= 0.6 is 0 Å². The summed E-state index contributed by atoms with van der Waals surface area (Å²) in [6.45, 7) is 1.88. The Balaban J connectivity index is 1.58. The minimum absolute atomic E-state index is 0.107. The SMILES string of the molecule is Cc1ccc2cc(C3CCC(c4c(F)cccc4F)CC3)c(=O)[nH]c2n1. The van der Waals surface area contributed by atoms with E-state index in [1.807, 2.05) is 25.1 Å². The summed E-state index contributed by atoms with van der Waals surface area (Å²) in [6, 6.07) is 9.81. The van der Waals surface area contributed by atoms with Crippen molar-refractivity contribution in [1.29, 1.82) is 0 Å². The number of aromatic amines is 1. The maximum atomic E-state index is 14.0. The van der Waals surface area contributed by atoms with Gasteiger partial charge in [0.2, 0.25) is 0 Å². The van der Waals surface area contributed by atoms with Crippen molar-refractivity contribution in [1.82, 2.24) is 9.97 Å². The summed E-state index contributed by atoms with van der Waals surface area (Å²) in [5.74, 6) is -0.969. The summed E-state index contributed by atoms with van der Waals surface area (Å²) in [5.41, 5.74) is 2.28. The van der Waals surface area contributed by atoms with Gasteiger partial charge in [-0.3, -0.25) is 4.79 Å². The predicted molar refractivity (Wildman–Crippen MR) is 97.4 cm³/mol. The van der Waals surface area contributed by atoms with Gasteiger partial charge in [-0.2, -0.15) is 0 Å². The van der Waals surface area contributed by atoms with Gasteiger partial charge in [0.1, 0.15) is 17.3 Å². The topological polar surface area (TPSA) is 45.8 Å². The van der Waals surface area contributed by atoms with Crippen molar-refractivity contribution in [2.24, 2.45) is 0 Å². The molecule has 134 valence electrons. The van der Waals surface area contributed by atoms with Gasteiger partial charge in [0.05, 0.1) is 0 Å². The van der Waals surface area contributed by atoms with Gasteiger partial charge < -0.3 is 4.98 Å². The van der Waals surface area contributed by atoms with Crippen LogP contribution in [0.1, 0.15) is 54.3 Å². The van der Waals surface area contributed by atoms with Crippen LogP contribution in [0.3, 0.4) is 0 Å². The molecule has 0 atom stereocenters. The Bertz CT molecular complexity index is 1000. The molecule has 0 unspecified atom stereocenters. The van der Waals surface area contributed by atoms with E-state index >= 15 is 0 Å². The number of H-pyrrole nitrogens is 1. The lowest BCUT2D eigenvalue weighted by Crippen LogP contribution is -2.21. The van der Waals surface area contributed by atoms with E-state index in [2.05, 4.69) is 9.97 Å². The van der Waals surface area contributed by atoms with Gasteiger partial charge in [-0.1, -0.05) is 6.07 Å². The average Bonchev–Trinajstić information content (AvgIpc) is 2.61. The van der Waals surface area contributed by atoms with Crippen molar-refractivity contribution in [2.45, 2.75) is 44.4 Å². The number of hydrogen-bond acceptors (Lipinski definition) is 2. The fraction of sp³-hybridized carbons (Fsp3) is 0.333. The third-order valence-electron chi connectivity index (χ3n) is 5.45. The third kappa shape index (κ3) is 3.02. The van der Waals surface area contributed by atoms with Crippen molar-refractivity contribution in [3.63, 3.8) is 0 Å². The number of halogens is 2. The lowest BCUT2D eigenvalue weighted by atomic mass is 9.76. The molecule has 3 nitrogen and oxygen atoms in total. The molecule has 0 amide bonds. The van der Waals surface area contributed by atoms with Crippen LogP contribution in [-0.2, 0) is 0 Å². The number of rotatable bonds is 2. The first kappa shape index (κ1) is 16.9. The molecule has 5 heteroatoms. The smallest absolute Gasteiger partial charge is 0.253 e. The zero-order valence-electron chi connectivity index (χ0n) is 14.6. The first-order valence-electron chi connectivity index (χ1n) is 8.97. The number of nitrogens with one attached hydrogen (secondary N) is 1. The van der Waals surface area contributed by atoms with Crippen LogP contribution in [0.5, 0.6) is 0 Å². The van der Waals surface area contributed by atoms with E-state index in [4.69, 9.17) is 0 Å². The number of aryl methyl sites for hydroxylation is 1. The molecule has 3 aromatic rings. The van der Waals surface area contributed by atoms with Crippen molar-refractivity contribution in [3.05, 3.63) is 75.2 Å². The second-order valence-corrected chi connectivity index (χ2v) is 7.13. The molecule has 1 N–H and O–H groups in total. The van der Waals surface area contributed by atoms with E-state index in [1.54, 1.807) is 0 Å². The van der Waals surface area contributed by atoms with Crippen molar-refractivity contribution < 1.29 is 8.78 Å². The first-order chi connectivity index (χ1) is 12.5. The fourth-order valence-corrected chi connectivity index (χ4v) is 4.09. The third-order valence-corrected chi connectivity index (χ3v) is 5.45. The molecule has 26 heavy (non-hydrogen) atoms. The maximum Gasteiger partial charge on any atom is 0.253 e. The fourth-order valence-electron chi connectivity index (χ4n) is 4.09. The quantitative estimate of drug-likeness (QED) is 0.708. The molecule has 1 saturated carbocycles. The summed E-state index contributed by atoms with van der Waals surface area (Å²) < 4.78 is 28.0. The van der Waals surface area contributed by atoms with E-state index in [-0.39, 0.29) is 23.0 Å². The van der Waals surface area contributed by atoms with Crippen LogP contribution in [0.4, 0.5) is 8.78 Å². The molecule has 2 heterocycles. The van der Waals surface area contributed by atoms with Crippen molar-refractivity contribution in [2.75, 3.05) is 0 Å². The van der Waals surface area contributed by atoms with Gasteiger partial charge in [-0.15, -0.1) is 0 Å². The number of pyridine rings is 2. The molecule has 1 aromatic carbocycles. The Morgan fingerprint density at radius 1 is 1.00 bits per heavy atom. The predicted octanol–water partition coefficient (Wildman–Crippen LogP) is 4.95. The van der Waals surface area contributed by atoms with E-state index in [0.717, 1.165) is 29.5 Å². The number of nitrogens with zero attached hydrogens (tertiary/aromatic N) is 1. The van der Waals surface area contributed by atoms with Gasteiger partial charge in [0.25, 0.3) is 5.56 Å². The van der Waals surface area contributed by atoms with E-state index in [1.165, 1.54) is 18.2 Å². The van der Waals surface area contributed by atoms with Crippen LogP contribution in [0.2, 0.25) is 0 Å². The molecule has 0 bridgehead atoms. The molecule has 4 rings (SSSR count). The Morgan fingerprint density at radius 3 is 2.35 bits per heavy atom. The Morgan fingerprint density at radius 2 is 1.65 bits per heavy atom. The molecule has 0 aliphatic heterocycles. The highest BCUT2D eigenvalue weighted by molar-refractivity contribution is 5.75. The lowest BCUT2D eigenvalue weighted by Gasteiger charge is -2.29. The Hall–Kier alpha value is -2.56. The minimum atomic E-state index is -0.474. The number of aromatic nitrogens is 2. The molecular formula is C21H20F2N2O. The van der Waals surface area contributed by atoms with Crippen LogP contribution in [0.15, 0.2) is 41.2 Å². The standard InChI is InChI=1S/C21H20F2N2O/c1-12-5-6-15-11-16(21(26)25-20(15)24-12)13-7-9-14(10-8-13)19-17(22)3-2-4-18(19)23/h2-6,11,13-14H,7-10H2,1H3,(H,24,25,26). The number of fused-ring (bicyclic) bond motifs is 1. The largest absolute Gasteiger partial charge is 0.306 e. The zero-order chi connectivity index (χ0) is 18.3. The van der Waals surface area contributed by atoms with Crippen LogP contribution in [-0.4, -0.2) is 9.97 Å². The highest BCUT2D eigenvalue weighted by atomic mass is 19.1. The zero-order valence-corrected chi connectivity index (χ0v) is 14.6. The molecule has 0 spiro atoms. The highest BCUT2D eigenvalue weighted by Crippen LogP contribution is 2.41. The summed E-state index contributed by atoms with van der Waals surface area (Å²) >= 11 is 0. The van der Waals surface area contributed by atoms with Crippen molar-refractivity contribution >= 4 is 11.0 Å². The summed E-state index contributed by atoms with van der Waals surface area (Å²) in [5, 5.41) is 0.910. The Labute approximate surface area is 150 Å². The minimum Gasteiger partial charge on any atom is -0.306 e. The molecular weight excluding hydrogens is 334 g/mol. The van der Waals surface area contributed by atoms with Gasteiger partial charge in [-0.25, -0.2) is 13.8 Å². The van der Waals surface area contributed by atoms with Crippen LogP contribution in [0, 0.1) is 18.6 Å². The lowest BCUT2D eigenvalue weighted by molar-refractivity contribution is 0.375. The molecule has 2 aromatic heterocycles. The van der Waals surface area contributed by atoms with Crippen LogP contribution in [0.25, 0.3) is 11.0 Å². The van der Waals surface area contributed by atoms with Gasteiger partial charge in [0.15, 0.2) is 0 Å². The van der Waals surface area contributed by atoms with E-state index < -0.39 is 11.6 Å². The molecule has 1 aliphatic carbocycles. The maximum absolute atomic E-state index is 14.0. The van der Waals surface area contributed by atoms with Gasteiger partial charge in [0, 0.05) is 22.2 Å². The molecule has 1 aliphatic rings. The summed E-state index contributed by atoms with van der Waals surface area (Å²) in [7, 11) is 0. The second-order valence-electron chi connectivity index (χ2n) is 7.13. The first-order valence-corrected chi connectivity index (χ1v) is 8.97. The molecule has 0 saturated heterocycles. The van der Waals surface area contributed by atoms with Gasteiger partial charge >= 0.3 is 0 Å². The second kappa shape index (κ2) is 6.63. The summed E-state index contributed by atoms with van der Waals surface area (Å²) in [4.78, 5) is 19.7. The number of hydrogen-bond donors (Lipinski definition) is 1. The molecule has 0 radical (unpaired) electrons. The Kier molecular flexibility index (Phi) is 4.31. The van der Waals surface area contributed by atoms with Crippen molar-refractivity contribution in [3.8, 4) is 0 Å².